The molecule has 0 fully saturated rings. The molecular weight excluding hydrogens is 357 g/mol. The van der Waals surface area contributed by atoms with E-state index in [0.717, 1.165) is 10.4 Å². The van der Waals surface area contributed by atoms with Crippen LogP contribution in [0.1, 0.15) is 33.3 Å². The third-order valence-electron chi connectivity index (χ3n) is 4.03. The SMILES string of the molecule is CCOC(=O)N1CCc2c(sc(NC(=O)c3ccc(F)cc3)c2C#N)C1. The van der Waals surface area contributed by atoms with E-state index in [0.29, 0.717) is 42.2 Å². The first-order valence-electron chi connectivity index (χ1n) is 8.06. The fourth-order valence-electron chi connectivity index (χ4n) is 2.76. The second-order valence-electron chi connectivity index (χ2n) is 5.65. The van der Waals surface area contributed by atoms with Crippen molar-refractivity contribution in [1.82, 2.24) is 4.90 Å². The lowest BCUT2D eigenvalue weighted by Gasteiger charge is -2.25. The summed E-state index contributed by atoms with van der Waals surface area (Å²) in [6.07, 6.45) is 0.141. The molecule has 3 rings (SSSR count). The lowest BCUT2D eigenvalue weighted by atomic mass is 10.0. The van der Waals surface area contributed by atoms with Gasteiger partial charge in [0.25, 0.3) is 5.91 Å². The van der Waals surface area contributed by atoms with Crippen LogP contribution in [0.4, 0.5) is 14.2 Å². The Morgan fingerprint density at radius 1 is 1.38 bits per heavy atom. The van der Waals surface area contributed by atoms with Gasteiger partial charge in [0.1, 0.15) is 16.9 Å². The Morgan fingerprint density at radius 2 is 2.12 bits per heavy atom. The summed E-state index contributed by atoms with van der Waals surface area (Å²) in [6, 6.07) is 7.31. The highest BCUT2D eigenvalue weighted by Gasteiger charge is 2.28. The summed E-state index contributed by atoms with van der Waals surface area (Å²) in [5.74, 6) is -0.841. The minimum Gasteiger partial charge on any atom is -0.450 e. The molecule has 0 saturated heterocycles. The van der Waals surface area contributed by atoms with Crippen LogP contribution in [0.5, 0.6) is 0 Å². The van der Waals surface area contributed by atoms with Crippen molar-refractivity contribution in [1.29, 1.82) is 5.26 Å². The van der Waals surface area contributed by atoms with Gasteiger partial charge in [0.15, 0.2) is 0 Å². The molecule has 1 aliphatic heterocycles. The number of benzene rings is 1. The quantitative estimate of drug-likeness (QED) is 0.892. The number of thiophene rings is 1. The minimum absolute atomic E-state index is 0.301. The van der Waals surface area contributed by atoms with Gasteiger partial charge in [0.05, 0.1) is 18.7 Å². The van der Waals surface area contributed by atoms with Crippen LogP contribution in [0, 0.1) is 17.1 Å². The zero-order valence-corrected chi connectivity index (χ0v) is 14.9. The fraction of sp³-hybridized carbons (Fsp3) is 0.278. The summed E-state index contributed by atoms with van der Waals surface area (Å²) >= 11 is 1.27. The van der Waals surface area contributed by atoms with Crippen LogP contribution in [0.2, 0.25) is 0 Å². The number of nitrogens with zero attached hydrogens (tertiary/aromatic N) is 2. The Kier molecular flexibility index (Phi) is 5.19. The standard InChI is InChI=1S/C18H16FN3O3S/c1-2-25-18(24)22-8-7-13-14(9-20)17(26-15(13)10-22)21-16(23)11-3-5-12(19)6-4-11/h3-6H,2,7-8,10H2,1H3,(H,21,23). The molecule has 0 saturated carbocycles. The molecule has 6 nitrogen and oxygen atoms in total. The Balaban J connectivity index is 1.82. The number of halogens is 1. The lowest BCUT2D eigenvalue weighted by Crippen LogP contribution is -2.35. The average molecular weight is 373 g/mol. The zero-order chi connectivity index (χ0) is 18.7. The predicted molar refractivity (Wildman–Crippen MR) is 94.5 cm³/mol. The van der Waals surface area contributed by atoms with Gasteiger partial charge in [-0.25, -0.2) is 9.18 Å². The van der Waals surface area contributed by atoms with E-state index < -0.39 is 11.7 Å². The van der Waals surface area contributed by atoms with Crippen molar-refractivity contribution in [2.24, 2.45) is 0 Å². The van der Waals surface area contributed by atoms with Crippen molar-refractivity contribution < 1.29 is 18.7 Å². The molecule has 26 heavy (non-hydrogen) atoms. The summed E-state index contributed by atoms with van der Waals surface area (Å²) < 4.78 is 18.0. The van der Waals surface area contributed by atoms with E-state index in [2.05, 4.69) is 11.4 Å². The summed E-state index contributed by atoms with van der Waals surface area (Å²) in [6.45, 7) is 2.85. The highest BCUT2D eigenvalue weighted by atomic mass is 32.1. The molecule has 1 aliphatic rings. The number of rotatable bonds is 3. The molecular formula is C18H16FN3O3S. The number of fused-ring (bicyclic) bond motifs is 1. The van der Waals surface area contributed by atoms with Gasteiger partial charge in [-0.2, -0.15) is 5.26 Å². The second-order valence-corrected chi connectivity index (χ2v) is 6.76. The molecule has 0 spiro atoms. The van der Waals surface area contributed by atoms with Crippen LogP contribution in [-0.2, 0) is 17.7 Å². The Hall–Kier alpha value is -2.92. The lowest BCUT2D eigenvalue weighted by molar-refractivity contribution is 0.102. The number of anilines is 1. The first kappa shape index (κ1) is 17.9. The fourth-order valence-corrected chi connectivity index (χ4v) is 3.97. The maximum absolute atomic E-state index is 13.0. The van der Waals surface area contributed by atoms with Crippen molar-refractivity contribution in [3.05, 3.63) is 51.7 Å². The maximum Gasteiger partial charge on any atom is 0.410 e. The number of carbonyl (C=O) groups is 2. The van der Waals surface area contributed by atoms with Crippen molar-refractivity contribution in [2.45, 2.75) is 19.9 Å². The first-order valence-corrected chi connectivity index (χ1v) is 8.88. The van der Waals surface area contributed by atoms with Crippen molar-refractivity contribution >= 4 is 28.3 Å². The minimum atomic E-state index is -0.426. The summed E-state index contributed by atoms with van der Waals surface area (Å²) in [5, 5.41) is 12.7. The van der Waals surface area contributed by atoms with E-state index in [4.69, 9.17) is 4.74 Å². The Labute approximate surface area is 153 Å². The molecule has 0 aliphatic carbocycles. The largest absolute Gasteiger partial charge is 0.450 e. The van der Waals surface area contributed by atoms with Crippen LogP contribution >= 0.6 is 11.3 Å². The number of amides is 2. The molecule has 0 unspecified atom stereocenters. The summed E-state index contributed by atoms with van der Waals surface area (Å²) in [7, 11) is 0. The Morgan fingerprint density at radius 3 is 2.77 bits per heavy atom. The molecule has 2 aromatic rings. The summed E-state index contributed by atoms with van der Waals surface area (Å²) in [5.41, 5.74) is 1.58. The Bertz CT molecular complexity index is 886. The molecule has 1 aromatic heterocycles. The van der Waals surface area contributed by atoms with Gasteiger partial charge in [0, 0.05) is 17.0 Å². The van der Waals surface area contributed by atoms with E-state index in [9.17, 15) is 19.2 Å². The van der Waals surface area contributed by atoms with Crippen LogP contribution in [0.25, 0.3) is 0 Å². The van der Waals surface area contributed by atoms with Gasteiger partial charge in [-0.1, -0.05) is 0 Å². The number of nitrogens with one attached hydrogen (secondary N) is 1. The molecule has 1 aromatic carbocycles. The highest BCUT2D eigenvalue weighted by Crippen LogP contribution is 2.37. The molecule has 1 N–H and O–H groups in total. The smallest absolute Gasteiger partial charge is 0.410 e. The van der Waals surface area contributed by atoms with Crippen molar-refractivity contribution in [3.63, 3.8) is 0 Å². The molecule has 134 valence electrons. The van der Waals surface area contributed by atoms with E-state index in [1.807, 2.05) is 0 Å². The van der Waals surface area contributed by atoms with Crippen LogP contribution in [-0.4, -0.2) is 30.1 Å². The first-order chi connectivity index (χ1) is 12.5. The van der Waals surface area contributed by atoms with Gasteiger partial charge < -0.3 is 15.0 Å². The number of hydrogen-bond acceptors (Lipinski definition) is 5. The summed E-state index contributed by atoms with van der Waals surface area (Å²) in [4.78, 5) is 26.7. The maximum atomic E-state index is 13.0. The van der Waals surface area contributed by atoms with E-state index in [1.165, 1.54) is 35.6 Å². The third kappa shape index (κ3) is 3.53. The molecule has 2 heterocycles. The number of hydrogen-bond donors (Lipinski definition) is 1. The molecule has 0 radical (unpaired) electrons. The number of ether oxygens (including phenoxy) is 1. The van der Waals surface area contributed by atoms with Gasteiger partial charge >= 0.3 is 6.09 Å². The number of carbonyl (C=O) groups excluding carboxylic acids is 2. The van der Waals surface area contributed by atoms with Crippen molar-refractivity contribution in [3.8, 4) is 6.07 Å². The average Bonchev–Trinajstić information content (AvgIpc) is 2.98. The second kappa shape index (κ2) is 7.54. The van der Waals surface area contributed by atoms with Gasteiger partial charge in [0.2, 0.25) is 0 Å². The van der Waals surface area contributed by atoms with Gasteiger partial charge in [-0.15, -0.1) is 11.3 Å². The van der Waals surface area contributed by atoms with Gasteiger partial charge in [-0.3, -0.25) is 4.79 Å². The predicted octanol–water partition coefficient (Wildman–Crippen LogP) is 3.53. The molecule has 8 heteroatoms. The normalized spacial score (nSPS) is 12.9. The molecule has 2 amide bonds. The van der Waals surface area contributed by atoms with Crippen LogP contribution in [0.3, 0.4) is 0 Å². The van der Waals surface area contributed by atoms with E-state index >= 15 is 0 Å². The van der Waals surface area contributed by atoms with E-state index in [-0.39, 0.29) is 6.09 Å². The van der Waals surface area contributed by atoms with Crippen LogP contribution in [0.15, 0.2) is 24.3 Å². The topological polar surface area (TPSA) is 82.4 Å². The van der Waals surface area contributed by atoms with Crippen molar-refractivity contribution in [2.75, 3.05) is 18.5 Å². The van der Waals surface area contributed by atoms with Gasteiger partial charge in [-0.05, 0) is 43.2 Å². The monoisotopic (exact) mass is 373 g/mol. The molecule has 0 atom stereocenters. The zero-order valence-electron chi connectivity index (χ0n) is 14.0. The highest BCUT2D eigenvalue weighted by molar-refractivity contribution is 7.16. The number of nitriles is 1. The third-order valence-corrected chi connectivity index (χ3v) is 5.16. The molecule has 0 bridgehead atoms. The van der Waals surface area contributed by atoms with Crippen LogP contribution < -0.4 is 5.32 Å². The van der Waals surface area contributed by atoms with E-state index in [1.54, 1.807) is 11.8 Å².